The van der Waals surface area contributed by atoms with Gasteiger partial charge in [-0.3, -0.25) is 4.79 Å². The second-order valence-corrected chi connectivity index (χ2v) is 16.6. The van der Waals surface area contributed by atoms with Crippen LogP contribution in [0.2, 0.25) is 18.1 Å². The molecule has 2 bridgehead atoms. The van der Waals surface area contributed by atoms with Crippen LogP contribution in [0.1, 0.15) is 46.5 Å². The lowest BCUT2D eigenvalue weighted by Crippen LogP contribution is -2.56. The van der Waals surface area contributed by atoms with E-state index in [4.69, 9.17) is 4.53 Å². The van der Waals surface area contributed by atoms with Gasteiger partial charge in [-0.2, -0.15) is 0 Å². The number of nitrogens with zero attached hydrogens (tertiary/aromatic N) is 3. The van der Waals surface area contributed by atoms with Gasteiger partial charge in [-0.15, -0.1) is 0 Å². The first-order valence-electron chi connectivity index (χ1n) is 12.8. The van der Waals surface area contributed by atoms with Crippen LogP contribution in [-0.4, -0.2) is 40.2 Å². The predicted octanol–water partition coefficient (Wildman–Crippen LogP) is 5.57. The van der Waals surface area contributed by atoms with E-state index >= 15 is 0 Å². The summed E-state index contributed by atoms with van der Waals surface area (Å²) in [6.45, 7) is 10.5. The minimum Gasteiger partial charge on any atom is -0.364 e. The summed E-state index contributed by atoms with van der Waals surface area (Å²) in [5, 5.41) is 3.73. The van der Waals surface area contributed by atoms with Crippen LogP contribution in [0.5, 0.6) is 0 Å². The number of halogens is 2. The van der Waals surface area contributed by atoms with Crippen LogP contribution in [0.25, 0.3) is 22.4 Å². The molecule has 8 nitrogen and oxygen atoms in total. The fourth-order valence-electron chi connectivity index (χ4n) is 5.35. The molecule has 3 fully saturated rings. The van der Waals surface area contributed by atoms with Crippen molar-refractivity contribution in [3.05, 3.63) is 36.3 Å². The molecule has 2 atom stereocenters. The normalized spacial score (nSPS) is 23.9. The lowest BCUT2D eigenvalue weighted by Gasteiger charge is -2.48. The summed E-state index contributed by atoms with van der Waals surface area (Å²) in [4.78, 5) is 29.1. The fourth-order valence-corrected chi connectivity index (χ4v) is 6.01. The number of carbonyl (C=O) groups is 1. The zero-order chi connectivity index (χ0) is 26.5. The van der Waals surface area contributed by atoms with Crippen LogP contribution in [0.3, 0.4) is 0 Å². The number of carbonyl (C=O) groups excluding carboxylic acids is 1. The summed E-state index contributed by atoms with van der Waals surface area (Å²) in [5.41, 5.74) is 3.79. The number of amides is 1. The van der Waals surface area contributed by atoms with E-state index in [2.05, 4.69) is 64.6 Å². The van der Waals surface area contributed by atoms with E-state index < -0.39 is 20.0 Å². The van der Waals surface area contributed by atoms with E-state index in [1.807, 2.05) is 0 Å². The smallest absolute Gasteiger partial charge is 0.248 e. The van der Waals surface area contributed by atoms with Crippen LogP contribution in [0.4, 0.5) is 14.6 Å². The minimum absolute atomic E-state index is 0.0318. The number of aromatic amines is 1. The van der Waals surface area contributed by atoms with Crippen molar-refractivity contribution in [2.75, 3.05) is 5.32 Å². The molecular weight excluding hydrogens is 494 g/mol. The van der Waals surface area contributed by atoms with Gasteiger partial charge in [-0.05, 0) is 61.7 Å². The largest absolute Gasteiger partial charge is 0.364 e. The molecule has 3 saturated carbocycles. The third-order valence-corrected chi connectivity index (χ3v) is 12.7. The van der Waals surface area contributed by atoms with Gasteiger partial charge in [-0.1, -0.05) is 20.8 Å². The van der Waals surface area contributed by atoms with Crippen molar-refractivity contribution in [1.29, 1.82) is 0 Å². The second kappa shape index (κ2) is 9.43. The number of aromatic nitrogens is 4. The van der Waals surface area contributed by atoms with Crippen molar-refractivity contribution in [3.8, 4) is 11.4 Å². The maximum absolute atomic E-state index is 15.0. The lowest BCUT2D eigenvalue weighted by molar-refractivity contribution is -0.138. The van der Waals surface area contributed by atoms with Gasteiger partial charge >= 0.3 is 0 Å². The Hall–Kier alpha value is -2.92. The Morgan fingerprint density at radius 3 is 2.51 bits per heavy atom. The Labute approximate surface area is 216 Å². The molecule has 3 aromatic heterocycles. The van der Waals surface area contributed by atoms with Gasteiger partial charge in [0.2, 0.25) is 14.2 Å². The van der Waals surface area contributed by atoms with Crippen molar-refractivity contribution >= 4 is 31.1 Å². The number of hydrogen-bond donors (Lipinski definition) is 3. The van der Waals surface area contributed by atoms with Gasteiger partial charge in [0.1, 0.15) is 11.5 Å². The van der Waals surface area contributed by atoms with Crippen molar-refractivity contribution < 1.29 is 18.1 Å². The zero-order valence-electron chi connectivity index (χ0n) is 21.9. The van der Waals surface area contributed by atoms with Crippen LogP contribution < -0.4 is 10.8 Å². The molecule has 11 heteroatoms. The summed E-state index contributed by atoms with van der Waals surface area (Å²) in [5.74, 6) is -0.927. The third-order valence-electron chi connectivity index (χ3n) is 8.52. The van der Waals surface area contributed by atoms with Crippen molar-refractivity contribution in [1.82, 2.24) is 25.4 Å². The quantitative estimate of drug-likeness (QED) is 0.286. The number of rotatable bonds is 6. The molecule has 3 aliphatic rings. The van der Waals surface area contributed by atoms with Gasteiger partial charge in [-0.25, -0.2) is 29.2 Å². The Morgan fingerprint density at radius 1 is 1.11 bits per heavy atom. The number of H-pyrrole nitrogens is 1. The fraction of sp³-hybridized carbons (Fsp3) is 0.538. The maximum atomic E-state index is 15.0. The molecule has 198 valence electrons. The van der Waals surface area contributed by atoms with Crippen LogP contribution in [0, 0.1) is 29.4 Å². The molecule has 37 heavy (non-hydrogen) atoms. The molecule has 6 rings (SSSR count). The van der Waals surface area contributed by atoms with E-state index in [0.717, 1.165) is 38.1 Å². The van der Waals surface area contributed by atoms with Gasteiger partial charge in [0.25, 0.3) is 0 Å². The molecule has 1 amide bonds. The molecule has 0 aromatic carbocycles. The van der Waals surface area contributed by atoms with E-state index in [1.54, 1.807) is 6.20 Å². The molecule has 0 radical (unpaired) electrons. The molecule has 0 saturated heterocycles. The van der Waals surface area contributed by atoms with Gasteiger partial charge in [0.05, 0.1) is 18.3 Å². The highest BCUT2D eigenvalue weighted by atomic mass is 28.4. The van der Waals surface area contributed by atoms with E-state index in [-0.39, 0.29) is 46.4 Å². The Morgan fingerprint density at radius 2 is 1.81 bits per heavy atom. The van der Waals surface area contributed by atoms with E-state index in [0.29, 0.717) is 16.6 Å². The highest BCUT2D eigenvalue weighted by Crippen LogP contribution is 2.46. The Bertz CT molecular complexity index is 1320. The van der Waals surface area contributed by atoms with E-state index in [1.165, 1.54) is 6.07 Å². The van der Waals surface area contributed by atoms with Crippen LogP contribution in [-0.2, 0) is 9.32 Å². The van der Waals surface area contributed by atoms with Gasteiger partial charge < -0.3 is 14.8 Å². The van der Waals surface area contributed by atoms with Crippen molar-refractivity contribution in [2.45, 2.75) is 70.6 Å². The van der Waals surface area contributed by atoms with Gasteiger partial charge in [0, 0.05) is 23.2 Å². The topological polar surface area (TPSA) is 105 Å². The first-order chi connectivity index (χ1) is 17.4. The minimum atomic E-state index is -2.19. The molecule has 0 spiro atoms. The van der Waals surface area contributed by atoms with Crippen LogP contribution >= 0.6 is 0 Å². The third kappa shape index (κ3) is 4.86. The SMILES string of the molecule is CC(C)(C)[Si](C)(C)ONC(=O)[C@H]1C2CCC(CC2)[C@@H]1Nc1nc(-c2c[nH]c3ncc(F)cc23)ncc1F. The molecular formula is C26H34F2N6O2Si. The number of hydrogen-bond acceptors (Lipinski definition) is 6. The number of anilines is 1. The molecule has 3 aliphatic carbocycles. The predicted molar refractivity (Wildman–Crippen MR) is 140 cm³/mol. The van der Waals surface area contributed by atoms with Crippen LogP contribution in [0.15, 0.2) is 24.7 Å². The Kier molecular flexibility index (Phi) is 6.55. The number of nitrogens with one attached hydrogen (secondary N) is 3. The first kappa shape index (κ1) is 25.7. The lowest BCUT2D eigenvalue weighted by atomic mass is 9.61. The number of pyridine rings is 1. The maximum Gasteiger partial charge on any atom is 0.248 e. The number of fused-ring (bicyclic) bond motifs is 4. The highest BCUT2D eigenvalue weighted by Gasteiger charge is 2.48. The zero-order valence-corrected chi connectivity index (χ0v) is 22.9. The first-order valence-corrected chi connectivity index (χ1v) is 15.8. The molecule has 0 aliphatic heterocycles. The average molecular weight is 529 g/mol. The van der Waals surface area contributed by atoms with Crippen molar-refractivity contribution in [2.24, 2.45) is 17.8 Å². The number of hydroxylamine groups is 1. The summed E-state index contributed by atoms with van der Waals surface area (Å²) in [7, 11) is -2.19. The summed E-state index contributed by atoms with van der Waals surface area (Å²) in [6.07, 6.45) is 7.74. The standard InChI is InChI=1S/C26H34F2N6O2Si/c1-26(2,3)37(4,5)36-34-25(35)20-14-6-8-15(9-7-14)21(20)32-24-19(28)13-31-23(33-24)18-12-30-22-17(18)10-16(27)11-29-22/h10-15,20-21H,6-9H2,1-5H3,(H,29,30)(H,34,35)(H,31,32,33)/t14?,15?,20-,21-/m0/s1. The summed E-state index contributed by atoms with van der Waals surface area (Å²) < 4.78 is 34.8. The summed E-state index contributed by atoms with van der Waals surface area (Å²) in [6, 6.07) is 1.06. The molecule has 0 unspecified atom stereocenters. The Balaban J connectivity index is 1.41. The second-order valence-electron chi connectivity index (χ2n) is 11.8. The molecule has 3 heterocycles. The van der Waals surface area contributed by atoms with Gasteiger partial charge in [0.15, 0.2) is 17.5 Å². The highest BCUT2D eigenvalue weighted by molar-refractivity contribution is 6.74. The molecule has 3 N–H and O–H groups in total. The van der Waals surface area contributed by atoms with Crippen molar-refractivity contribution in [3.63, 3.8) is 0 Å². The average Bonchev–Trinajstić information content (AvgIpc) is 3.27. The monoisotopic (exact) mass is 528 g/mol. The molecule has 3 aromatic rings. The summed E-state index contributed by atoms with van der Waals surface area (Å²) >= 11 is 0. The van der Waals surface area contributed by atoms with E-state index in [9.17, 15) is 13.6 Å².